The average molecular weight is 360 g/mol. The van der Waals surface area contributed by atoms with E-state index >= 15 is 0 Å². The largest absolute Gasteiger partial charge is 0.463 e. The molecule has 0 fully saturated rings. The van der Waals surface area contributed by atoms with Crippen molar-refractivity contribution >= 4 is 13.3 Å². The summed E-state index contributed by atoms with van der Waals surface area (Å²) in [7, 11) is -3.00. The van der Waals surface area contributed by atoms with E-state index in [4.69, 9.17) is 4.74 Å². The van der Waals surface area contributed by atoms with Gasteiger partial charge in [0.25, 0.3) is 0 Å². The summed E-state index contributed by atoms with van der Waals surface area (Å²) in [5.41, 5.74) is 0. The van der Waals surface area contributed by atoms with Crippen molar-refractivity contribution in [2.45, 2.75) is 84.0 Å². The summed E-state index contributed by atoms with van der Waals surface area (Å²) in [5, 5.41) is 0. The Kier molecular flexibility index (Phi) is 15.5. The molecule has 142 valence electrons. The van der Waals surface area contributed by atoms with Gasteiger partial charge in [0.05, 0.1) is 6.61 Å². The monoisotopic (exact) mass is 360 g/mol. The first kappa shape index (κ1) is 23.4. The molecule has 0 amide bonds. The van der Waals surface area contributed by atoms with Crippen LogP contribution in [-0.4, -0.2) is 29.8 Å². The summed E-state index contributed by atoms with van der Waals surface area (Å²) in [6.07, 6.45) is 15.4. The molecule has 0 heterocycles. The Labute approximate surface area is 148 Å². The van der Waals surface area contributed by atoms with Crippen LogP contribution in [0.4, 0.5) is 0 Å². The molecule has 0 radical (unpaired) electrons. The van der Waals surface area contributed by atoms with E-state index in [-0.39, 0.29) is 0 Å². The Morgan fingerprint density at radius 3 is 1.88 bits per heavy atom. The number of unbranched alkanes of at least 4 members (excludes halogenated alkanes) is 10. The van der Waals surface area contributed by atoms with E-state index in [1.807, 2.05) is 0 Å². The molecule has 0 aromatic carbocycles. The maximum absolute atomic E-state index is 12.0. The van der Waals surface area contributed by atoms with Gasteiger partial charge in [0, 0.05) is 18.4 Å². The standard InChI is InChI=1S/C19H37O4P/c1-3-5-6-7-8-9-10-11-12-14-17-24(21,22)18-15-13-16-23-19(20)4-2/h4H,2-3,5-18H2,1H3,(H,21,22). The van der Waals surface area contributed by atoms with E-state index in [2.05, 4.69) is 13.5 Å². The number of carbonyl (C=O) groups is 1. The van der Waals surface area contributed by atoms with Gasteiger partial charge in [0.15, 0.2) is 0 Å². The number of hydrogen-bond acceptors (Lipinski definition) is 3. The van der Waals surface area contributed by atoms with E-state index < -0.39 is 13.3 Å². The summed E-state index contributed by atoms with van der Waals surface area (Å²) in [6, 6.07) is 0. The molecule has 0 rings (SSSR count). The van der Waals surface area contributed by atoms with Crippen LogP contribution in [0.25, 0.3) is 0 Å². The van der Waals surface area contributed by atoms with E-state index in [0.29, 0.717) is 31.8 Å². The van der Waals surface area contributed by atoms with Crippen LogP contribution in [0.3, 0.4) is 0 Å². The molecule has 0 saturated heterocycles. The molecule has 24 heavy (non-hydrogen) atoms. The quantitative estimate of drug-likeness (QED) is 0.157. The topological polar surface area (TPSA) is 63.6 Å². The van der Waals surface area contributed by atoms with Gasteiger partial charge in [0.1, 0.15) is 0 Å². The first-order chi connectivity index (χ1) is 11.5. The molecule has 5 heteroatoms. The number of esters is 1. The van der Waals surface area contributed by atoms with Gasteiger partial charge >= 0.3 is 5.97 Å². The lowest BCUT2D eigenvalue weighted by molar-refractivity contribution is -0.137. The Morgan fingerprint density at radius 1 is 0.917 bits per heavy atom. The molecule has 0 aromatic rings. The molecule has 0 aliphatic carbocycles. The minimum absolute atomic E-state index is 0.295. The van der Waals surface area contributed by atoms with Crippen molar-refractivity contribution < 1.29 is 19.0 Å². The normalized spacial score (nSPS) is 13.4. The van der Waals surface area contributed by atoms with Crippen molar-refractivity contribution in [3.05, 3.63) is 12.7 Å². The zero-order chi connectivity index (χ0) is 18.1. The van der Waals surface area contributed by atoms with Gasteiger partial charge in [-0.1, -0.05) is 71.3 Å². The smallest absolute Gasteiger partial charge is 0.330 e. The summed E-state index contributed by atoms with van der Waals surface area (Å²) in [6.45, 7) is 5.84. The first-order valence-electron chi connectivity index (χ1n) is 9.62. The first-order valence-corrected chi connectivity index (χ1v) is 11.6. The SMILES string of the molecule is C=CC(=O)OCCCCP(=O)(O)CCCCCCCCCCCC. The highest BCUT2D eigenvalue weighted by molar-refractivity contribution is 7.57. The predicted octanol–water partition coefficient (Wildman–Crippen LogP) is 5.69. The van der Waals surface area contributed by atoms with Crippen molar-refractivity contribution in [2.75, 3.05) is 18.9 Å². The molecule has 1 atom stereocenters. The predicted molar refractivity (Wildman–Crippen MR) is 102 cm³/mol. The number of hydrogen-bond donors (Lipinski definition) is 1. The lowest BCUT2D eigenvalue weighted by atomic mass is 10.1. The van der Waals surface area contributed by atoms with Gasteiger partial charge in [-0.15, -0.1) is 0 Å². The number of rotatable bonds is 17. The Bertz CT molecular complexity index is 368. The van der Waals surface area contributed by atoms with Gasteiger partial charge < -0.3 is 9.63 Å². The van der Waals surface area contributed by atoms with E-state index in [0.717, 1.165) is 18.9 Å². The maximum Gasteiger partial charge on any atom is 0.330 e. The zero-order valence-electron chi connectivity index (χ0n) is 15.5. The zero-order valence-corrected chi connectivity index (χ0v) is 16.4. The molecule has 0 saturated carbocycles. The summed E-state index contributed by atoms with van der Waals surface area (Å²) < 4.78 is 16.9. The second-order valence-electron chi connectivity index (χ2n) is 6.55. The van der Waals surface area contributed by atoms with Crippen molar-refractivity contribution in [1.29, 1.82) is 0 Å². The second-order valence-corrected chi connectivity index (χ2v) is 9.14. The fraction of sp³-hybridized carbons (Fsp3) is 0.842. The van der Waals surface area contributed by atoms with Gasteiger partial charge in [-0.25, -0.2) is 4.79 Å². The van der Waals surface area contributed by atoms with Crippen LogP contribution in [0, 0.1) is 0 Å². The van der Waals surface area contributed by atoms with E-state index in [1.165, 1.54) is 51.4 Å². The highest BCUT2D eigenvalue weighted by atomic mass is 31.2. The van der Waals surface area contributed by atoms with Crippen molar-refractivity contribution in [2.24, 2.45) is 0 Å². The van der Waals surface area contributed by atoms with Crippen LogP contribution >= 0.6 is 7.37 Å². The van der Waals surface area contributed by atoms with Gasteiger partial charge in [-0.3, -0.25) is 4.57 Å². The fourth-order valence-corrected chi connectivity index (χ4v) is 4.31. The van der Waals surface area contributed by atoms with Crippen LogP contribution in [-0.2, 0) is 14.1 Å². The van der Waals surface area contributed by atoms with Gasteiger partial charge in [-0.05, 0) is 19.3 Å². The van der Waals surface area contributed by atoms with Crippen LogP contribution in [0.1, 0.15) is 84.0 Å². The van der Waals surface area contributed by atoms with Gasteiger partial charge in [0.2, 0.25) is 7.37 Å². The van der Waals surface area contributed by atoms with Crippen LogP contribution in [0.5, 0.6) is 0 Å². The third-order valence-electron chi connectivity index (χ3n) is 4.17. The second kappa shape index (κ2) is 15.9. The lowest BCUT2D eigenvalue weighted by Crippen LogP contribution is -2.03. The molecule has 0 aliphatic heterocycles. The summed E-state index contributed by atoms with van der Waals surface area (Å²) in [5.74, 6) is -0.437. The molecule has 1 N–H and O–H groups in total. The molecule has 1 unspecified atom stereocenters. The third kappa shape index (κ3) is 16.3. The molecule has 0 bridgehead atoms. The number of carbonyl (C=O) groups excluding carboxylic acids is 1. The molecular formula is C19H37O4P. The lowest BCUT2D eigenvalue weighted by Gasteiger charge is -2.11. The Balaban J connectivity index is 3.42. The van der Waals surface area contributed by atoms with Crippen molar-refractivity contribution in [3.63, 3.8) is 0 Å². The van der Waals surface area contributed by atoms with Gasteiger partial charge in [-0.2, -0.15) is 0 Å². The molecule has 0 aliphatic rings. The van der Waals surface area contributed by atoms with Crippen LogP contribution in [0.15, 0.2) is 12.7 Å². The maximum atomic E-state index is 12.0. The van der Waals surface area contributed by atoms with E-state index in [9.17, 15) is 14.3 Å². The Hall–Kier alpha value is -0.600. The van der Waals surface area contributed by atoms with Crippen LogP contribution < -0.4 is 0 Å². The minimum Gasteiger partial charge on any atom is -0.463 e. The number of ether oxygens (including phenoxy) is 1. The molecule has 0 spiro atoms. The highest BCUT2D eigenvalue weighted by Gasteiger charge is 2.16. The summed E-state index contributed by atoms with van der Waals surface area (Å²) in [4.78, 5) is 20.8. The van der Waals surface area contributed by atoms with E-state index in [1.54, 1.807) is 0 Å². The summed E-state index contributed by atoms with van der Waals surface area (Å²) >= 11 is 0. The molecular weight excluding hydrogens is 323 g/mol. The third-order valence-corrected chi connectivity index (χ3v) is 6.20. The average Bonchev–Trinajstić information content (AvgIpc) is 2.55. The van der Waals surface area contributed by atoms with Crippen molar-refractivity contribution in [3.8, 4) is 0 Å². The van der Waals surface area contributed by atoms with Crippen LogP contribution in [0.2, 0.25) is 0 Å². The van der Waals surface area contributed by atoms with Crippen molar-refractivity contribution in [1.82, 2.24) is 0 Å². The highest BCUT2D eigenvalue weighted by Crippen LogP contribution is 2.42. The Morgan fingerprint density at radius 2 is 1.38 bits per heavy atom. The fourth-order valence-electron chi connectivity index (χ4n) is 2.65. The minimum atomic E-state index is -3.00. The molecule has 0 aromatic heterocycles. The molecule has 4 nitrogen and oxygen atoms in total.